The molecule has 1 saturated carbocycles. The molecular weight excluding hydrogens is 292 g/mol. The van der Waals surface area contributed by atoms with Gasteiger partial charge >= 0.3 is 0 Å². The number of carbonyl (C=O) groups excluding carboxylic acids is 1. The van der Waals surface area contributed by atoms with Crippen LogP contribution in [0.5, 0.6) is 0 Å². The van der Waals surface area contributed by atoms with Gasteiger partial charge in [-0.2, -0.15) is 5.10 Å². The van der Waals surface area contributed by atoms with Crippen LogP contribution in [0.15, 0.2) is 18.5 Å². The molecule has 0 atom stereocenters. The van der Waals surface area contributed by atoms with Crippen LogP contribution in [-0.4, -0.2) is 32.7 Å². The molecule has 0 saturated heterocycles. The summed E-state index contributed by atoms with van der Waals surface area (Å²) in [6.45, 7) is 2.48. The molecule has 0 spiro atoms. The molecule has 3 heterocycles. The fourth-order valence-corrected chi connectivity index (χ4v) is 3.14. The molecule has 1 amide bonds. The van der Waals surface area contributed by atoms with Crippen molar-refractivity contribution in [2.24, 2.45) is 5.92 Å². The molecule has 1 aliphatic carbocycles. The first-order valence-electron chi connectivity index (χ1n) is 8.08. The van der Waals surface area contributed by atoms with Crippen LogP contribution in [0, 0.1) is 5.92 Å². The monoisotopic (exact) mass is 312 g/mol. The quantitative estimate of drug-likeness (QED) is 0.922. The van der Waals surface area contributed by atoms with Crippen molar-refractivity contribution in [1.82, 2.24) is 25.1 Å². The number of aromatic nitrogens is 4. The Morgan fingerprint density at radius 1 is 1.39 bits per heavy atom. The van der Waals surface area contributed by atoms with Gasteiger partial charge in [0.15, 0.2) is 0 Å². The second-order valence-electron chi connectivity index (χ2n) is 6.30. The molecule has 7 heteroatoms. The average molecular weight is 312 g/mol. The molecule has 2 aromatic rings. The molecule has 7 nitrogen and oxygen atoms in total. The van der Waals surface area contributed by atoms with Gasteiger partial charge < -0.3 is 10.2 Å². The zero-order valence-electron chi connectivity index (χ0n) is 13.2. The fraction of sp³-hybridized carbons (Fsp3) is 0.500. The number of fused-ring (bicyclic) bond motifs is 1. The van der Waals surface area contributed by atoms with Gasteiger partial charge in [0.1, 0.15) is 5.69 Å². The molecule has 120 valence electrons. The highest BCUT2D eigenvalue weighted by molar-refractivity contribution is 5.92. The predicted octanol–water partition coefficient (Wildman–Crippen LogP) is 1.35. The smallest absolute Gasteiger partial charge is 0.269 e. The van der Waals surface area contributed by atoms with E-state index < -0.39 is 0 Å². The summed E-state index contributed by atoms with van der Waals surface area (Å²) in [6, 6.07) is 1.62. The zero-order valence-corrected chi connectivity index (χ0v) is 13.2. The van der Waals surface area contributed by atoms with E-state index in [0.29, 0.717) is 18.2 Å². The molecule has 2 aliphatic rings. The Bertz CT molecular complexity index is 712. The molecule has 0 radical (unpaired) electrons. The van der Waals surface area contributed by atoms with Crippen LogP contribution < -0.4 is 10.2 Å². The molecule has 0 aromatic carbocycles. The maximum Gasteiger partial charge on any atom is 0.269 e. The highest BCUT2D eigenvalue weighted by Gasteiger charge is 2.26. The van der Waals surface area contributed by atoms with E-state index in [-0.39, 0.29) is 5.91 Å². The van der Waals surface area contributed by atoms with Crippen molar-refractivity contribution in [1.29, 1.82) is 0 Å². The number of nitrogens with zero attached hydrogens (tertiary/aromatic N) is 5. The van der Waals surface area contributed by atoms with E-state index in [0.717, 1.165) is 24.7 Å². The molecule has 0 unspecified atom stereocenters. The SMILES string of the molecule is CNC(=O)c1ccnc(N2Cc3cn(CC4CCC4)nc3C2)n1. The van der Waals surface area contributed by atoms with Gasteiger partial charge in [-0.25, -0.2) is 9.97 Å². The summed E-state index contributed by atoms with van der Waals surface area (Å²) < 4.78 is 2.09. The summed E-state index contributed by atoms with van der Waals surface area (Å²) in [7, 11) is 1.60. The van der Waals surface area contributed by atoms with Crippen LogP contribution in [0.4, 0.5) is 5.95 Å². The lowest BCUT2D eigenvalue weighted by atomic mass is 9.85. The lowest BCUT2D eigenvalue weighted by Gasteiger charge is -2.25. The number of amides is 1. The van der Waals surface area contributed by atoms with Crippen LogP contribution in [0.1, 0.15) is 41.0 Å². The molecule has 1 fully saturated rings. The van der Waals surface area contributed by atoms with Crippen molar-refractivity contribution in [3.8, 4) is 0 Å². The van der Waals surface area contributed by atoms with Gasteiger partial charge in [0.2, 0.25) is 5.95 Å². The average Bonchev–Trinajstić information content (AvgIpc) is 3.08. The fourth-order valence-electron chi connectivity index (χ4n) is 3.14. The Morgan fingerprint density at radius 3 is 2.96 bits per heavy atom. The topological polar surface area (TPSA) is 75.9 Å². The van der Waals surface area contributed by atoms with Crippen molar-refractivity contribution in [2.75, 3.05) is 11.9 Å². The molecule has 2 aromatic heterocycles. The maximum atomic E-state index is 11.7. The van der Waals surface area contributed by atoms with Crippen molar-refractivity contribution < 1.29 is 4.79 Å². The number of rotatable bonds is 4. The van der Waals surface area contributed by atoms with Gasteiger partial charge in [0.25, 0.3) is 5.91 Å². The standard InChI is InChI=1S/C16H20N6O/c1-17-15(23)13-5-6-18-16(19-13)21-8-12-9-22(20-14(12)10-21)7-11-3-2-4-11/h5-6,9,11H,2-4,7-8,10H2,1H3,(H,17,23). The minimum Gasteiger partial charge on any atom is -0.354 e. The molecule has 0 bridgehead atoms. The Hall–Kier alpha value is -2.44. The van der Waals surface area contributed by atoms with Crippen LogP contribution in [0.3, 0.4) is 0 Å². The first kappa shape index (κ1) is 14.2. The summed E-state index contributed by atoms with van der Waals surface area (Å²) in [4.78, 5) is 22.4. The van der Waals surface area contributed by atoms with Crippen LogP contribution >= 0.6 is 0 Å². The van der Waals surface area contributed by atoms with Crippen molar-refractivity contribution in [2.45, 2.75) is 38.9 Å². The van der Waals surface area contributed by atoms with E-state index in [9.17, 15) is 4.79 Å². The van der Waals surface area contributed by atoms with E-state index in [1.54, 1.807) is 19.3 Å². The third-order valence-electron chi connectivity index (χ3n) is 4.68. The summed E-state index contributed by atoms with van der Waals surface area (Å²) in [5.41, 5.74) is 2.72. The number of carbonyl (C=O) groups is 1. The molecule has 23 heavy (non-hydrogen) atoms. The highest BCUT2D eigenvalue weighted by atomic mass is 16.1. The lowest BCUT2D eigenvalue weighted by Crippen LogP contribution is -2.23. The largest absolute Gasteiger partial charge is 0.354 e. The van der Waals surface area contributed by atoms with Gasteiger partial charge in [0, 0.05) is 38.1 Å². The first-order chi connectivity index (χ1) is 11.2. The van der Waals surface area contributed by atoms with E-state index >= 15 is 0 Å². The van der Waals surface area contributed by atoms with Gasteiger partial charge in [-0.3, -0.25) is 9.48 Å². The van der Waals surface area contributed by atoms with Crippen molar-refractivity contribution in [3.05, 3.63) is 35.4 Å². The third kappa shape index (κ3) is 2.67. The summed E-state index contributed by atoms with van der Waals surface area (Å²) >= 11 is 0. The Balaban J connectivity index is 1.47. The first-order valence-corrected chi connectivity index (χ1v) is 8.08. The number of hydrogen-bond donors (Lipinski definition) is 1. The Labute approximate surface area is 134 Å². The van der Waals surface area contributed by atoms with Gasteiger partial charge in [-0.05, 0) is 24.8 Å². The minimum absolute atomic E-state index is 0.198. The summed E-state index contributed by atoms with van der Waals surface area (Å²) in [5.74, 6) is 1.18. The summed E-state index contributed by atoms with van der Waals surface area (Å²) in [6.07, 6.45) is 7.79. The Morgan fingerprint density at radius 2 is 2.26 bits per heavy atom. The second-order valence-corrected chi connectivity index (χ2v) is 6.30. The Kier molecular flexibility index (Phi) is 3.48. The van der Waals surface area contributed by atoms with Crippen LogP contribution in [0.25, 0.3) is 0 Å². The molecule has 1 aliphatic heterocycles. The van der Waals surface area contributed by atoms with E-state index in [4.69, 9.17) is 5.10 Å². The van der Waals surface area contributed by atoms with Crippen molar-refractivity contribution >= 4 is 11.9 Å². The van der Waals surface area contributed by atoms with Crippen LogP contribution in [-0.2, 0) is 19.6 Å². The zero-order chi connectivity index (χ0) is 15.8. The highest BCUT2D eigenvalue weighted by Crippen LogP contribution is 2.29. The second kappa shape index (κ2) is 5.64. The summed E-state index contributed by atoms with van der Waals surface area (Å²) in [5, 5.41) is 7.29. The van der Waals surface area contributed by atoms with Gasteiger partial charge in [-0.1, -0.05) is 6.42 Å². The lowest BCUT2D eigenvalue weighted by molar-refractivity contribution is 0.0958. The molecule has 4 rings (SSSR count). The van der Waals surface area contributed by atoms with Gasteiger partial charge in [-0.15, -0.1) is 0 Å². The number of hydrogen-bond acceptors (Lipinski definition) is 5. The normalized spacial score (nSPS) is 17.0. The van der Waals surface area contributed by atoms with E-state index in [2.05, 4.69) is 31.1 Å². The van der Waals surface area contributed by atoms with Crippen LogP contribution in [0.2, 0.25) is 0 Å². The molecular formula is C16H20N6O. The molecule has 1 N–H and O–H groups in total. The van der Waals surface area contributed by atoms with Crippen molar-refractivity contribution in [3.63, 3.8) is 0 Å². The predicted molar refractivity (Wildman–Crippen MR) is 84.9 cm³/mol. The van der Waals surface area contributed by atoms with E-state index in [1.165, 1.54) is 24.8 Å². The maximum absolute atomic E-state index is 11.7. The number of nitrogens with one attached hydrogen (secondary N) is 1. The van der Waals surface area contributed by atoms with Gasteiger partial charge in [0.05, 0.1) is 12.2 Å². The van der Waals surface area contributed by atoms with E-state index in [1.807, 2.05) is 0 Å². The minimum atomic E-state index is -0.198. The number of anilines is 1. The third-order valence-corrected chi connectivity index (χ3v) is 4.68.